The van der Waals surface area contributed by atoms with Crippen molar-refractivity contribution in [2.24, 2.45) is 22.7 Å². The van der Waals surface area contributed by atoms with Gasteiger partial charge in [-0.05, 0) is 23.3 Å². The van der Waals surface area contributed by atoms with E-state index < -0.39 is 17.8 Å². The summed E-state index contributed by atoms with van der Waals surface area (Å²) in [5.74, 6) is -3.07. The van der Waals surface area contributed by atoms with Crippen LogP contribution in [0.15, 0.2) is 24.3 Å². The molecule has 4 heteroatoms. The fraction of sp³-hybridized carbons (Fsp3) is 0.583. The first-order valence-corrected chi connectivity index (χ1v) is 10.1. The lowest BCUT2D eigenvalue weighted by Gasteiger charge is -2.41. The van der Waals surface area contributed by atoms with Gasteiger partial charge in [-0.1, -0.05) is 57.5 Å². The lowest BCUT2D eigenvalue weighted by atomic mass is 9.59. The molecule has 0 atom stereocenters. The number of hydrogen-bond donors (Lipinski definition) is 0. The normalized spacial score (nSPS) is 23.5. The Balaban J connectivity index is 2.09. The molecule has 0 amide bonds. The van der Waals surface area contributed by atoms with Crippen LogP contribution in [0.4, 0.5) is 0 Å². The molecule has 0 heterocycles. The molecule has 0 spiro atoms. The summed E-state index contributed by atoms with van der Waals surface area (Å²) in [5, 5.41) is 0. The molecule has 0 bridgehead atoms. The third-order valence-corrected chi connectivity index (χ3v) is 6.14. The summed E-state index contributed by atoms with van der Waals surface area (Å²) in [7, 11) is 0. The van der Waals surface area contributed by atoms with Crippen molar-refractivity contribution < 1.29 is 19.2 Å². The van der Waals surface area contributed by atoms with Crippen molar-refractivity contribution in [3.8, 4) is 0 Å². The molecule has 1 aromatic carbocycles. The lowest BCUT2D eigenvalue weighted by molar-refractivity contribution is -0.145. The number of ketones is 4. The predicted octanol–water partition coefficient (Wildman–Crippen LogP) is 4.23. The second kappa shape index (κ2) is 7.06. The number of rotatable bonds is 3. The van der Waals surface area contributed by atoms with Crippen LogP contribution in [-0.4, -0.2) is 23.1 Å². The molecule has 3 rings (SSSR count). The number of carbonyl (C=O) groups is 4. The van der Waals surface area contributed by atoms with Crippen molar-refractivity contribution in [1.29, 1.82) is 0 Å². The third kappa shape index (κ3) is 4.01. The minimum Gasteiger partial charge on any atom is -0.299 e. The molecule has 4 nitrogen and oxygen atoms in total. The summed E-state index contributed by atoms with van der Waals surface area (Å²) in [6.45, 7) is 9.60. The average molecular weight is 383 g/mol. The highest BCUT2D eigenvalue weighted by Gasteiger charge is 2.52. The van der Waals surface area contributed by atoms with Gasteiger partial charge in [-0.25, -0.2) is 0 Å². The van der Waals surface area contributed by atoms with Crippen LogP contribution >= 0.6 is 0 Å². The van der Waals surface area contributed by atoms with Crippen LogP contribution in [0.1, 0.15) is 70.4 Å². The van der Waals surface area contributed by atoms with Gasteiger partial charge in [0.1, 0.15) is 23.1 Å². The summed E-state index contributed by atoms with van der Waals surface area (Å²) in [4.78, 5) is 52.2. The first kappa shape index (κ1) is 20.6. The molecule has 0 aliphatic heterocycles. The molecule has 2 aliphatic carbocycles. The van der Waals surface area contributed by atoms with Crippen molar-refractivity contribution in [2.45, 2.75) is 66.2 Å². The van der Waals surface area contributed by atoms with Crippen LogP contribution in [0, 0.1) is 29.6 Å². The molecule has 0 saturated heterocycles. The standard InChI is InChI=1S/C24H30O4/c1-14-7-6-8-15(9-14)20(21-16(25)10-23(2,3)11-17(21)26)22-18(27)12-24(4,5)13-19(22)28/h6-9,20-22H,10-13H2,1-5H3. The van der Waals surface area contributed by atoms with Crippen LogP contribution in [0.2, 0.25) is 0 Å². The van der Waals surface area contributed by atoms with E-state index in [0.717, 1.165) is 11.1 Å². The smallest absolute Gasteiger partial charge is 0.144 e. The van der Waals surface area contributed by atoms with Gasteiger partial charge in [-0.3, -0.25) is 19.2 Å². The maximum Gasteiger partial charge on any atom is 0.144 e. The monoisotopic (exact) mass is 382 g/mol. The number of carbonyl (C=O) groups excluding carboxylic acids is 4. The molecule has 2 saturated carbocycles. The van der Waals surface area contributed by atoms with Gasteiger partial charge in [0.25, 0.3) is 0 Å². The highest BCUT2D eigenvalue weighted by Crippen LogP contribution is 2.47. The highest BCUT2D eigenvalue weighted by atomic mass is 16.2. The van der Waals surface area contributed by atoms with E-state index >= 15 is 0 Å². The Labute approximate surface area is 167 Å². The number of aryl methyl sites for hydroxylation is 1. The molecule has 150 valence electrons. The van der Waals surface area contributed by atoms with Gasteiger partial charge in [-0.2, -0.15) is 0 Å². The minimum absolute atomic E-state index is 0.141. The zero-order valence-electron chi connectivity index (χ0n) is 17.5. The zero-order valence-corrected chi connectivity index (χ0v) is 17.5. The van der Waals surface area contributed by atoms with Crippen LogP contribution < -0.4 is 0 Å². The van der Waals surface area contributed by atoms with Crippen molar-refractivity contribution in [2.75, 3.05) is 0 Å². The van der Waals surface area contributed by atoms with Crippen LogP contribution in [0.5, 0.6) is 0 Å². The summed E-state index contributed by atoms with van der Waals surface area (Å²) < 4.78 is 0. The maximum atomic E-state index is 13.1. The zero-order chi connectivity index (χ0) is 20.9. The molecule has 0 N–H and O–H groups in total. The minimum atomic E-state index is -0.908. The molecular weight excluding hydrogens is 352 g/mol. The maximum absolute atomic E-state index is 13.1. The predicted molar refractivity (Wildman–Crippen MR) is 107 cm³/mol. The van der Waals surface area contributed by atoms with E-state index in [-0.39, 0.29) is 34.0 Å². The molecular formula is C24H30O4. The lowest BCUT2D eigenvalue weighted by Crippen LogP contribution is -2.48. The van der Waals surface area contributed by atoms with Crippen molar-refractivity contribution in [3.63, 3.8) is 0 Å². The largest absolute Gasteiger partial charge is 0.299 e. The first-order chi connectivity index (χ1) is 12.9. The molecule has 28 heavy (non-hydrogen) atoms. The van der Waals surface area contributed by atoms with Gasteiger partial charge in [-0.15, -0.1) is 0 Å². The summed E-state index contributed by atoms with van der Waals surface area (Å²) in [6, 6.07) is 7.55. The van der Waals surface area contributed by atoms with E-state index in [1.54, 1.807) is 0 Å². The van der Waals surface area contributed by atoms with Crippen LogP contribution in [0.3, 0.4) is 0 Å². The Bertz CT molecular complexity index is 758. The molecule has 2 aliphatic rings. The van der Waals surface area contributed by atoms with Crippen LogP contribution in [0.25, 0.3) is 0 Å². The quantitative estimate of drug-likeness (QED) is 0.734. The Morgan fingerprint density at radius 3 is 1.50 bits per heavy atom. The number of Topliss-reactive ketones (excluding diaryl/α,β-unsaturated/α-hetero) is 4. The topological polar surface area (TPSA) is 68.3 Å². The van der Waals surface area contributed by atoms with E-state index in [2.05, 4.69) is 0 Å². The highest BCUT2D eigenvalue weighted by molar-refractivity contribution is 6.11. The van der Waals surface area contributed by atoms with Crippen LogP contribution in [-0.2, 0) is 19.2 Å². The van der Waals surface area contributed by atoms with Gasteiger partial charge >= 0.3 is 0 Å². The Kier molecular flexibility index (Phi) is 5.20. The van der Waals surface area contributed by atoms with Gasteiger partial charge in [0.15, 0.2) is 0 Å². The van der Waals surface area contributed by atoms with E-state index in [4.69, 9.17) is 0 Å². The number of benzene rings is 1. The Morgan fingerprint density at radius 1 is 0.750 bits per heavy atom. The molecule has 0 unspecified atom stereocenters. The molecule has 1 aromatic rings. The Hall–Kier alpha value is -2.10. The fourth-order valence-corrected chi connectivity index (χ4v) is 5.07. The molecule has 2 fully saturated rings. The number of hydrogen-bond acceptors (Lipinski definition) is 4. The summed E-state index contributed by atoms with van der Waals surface area (Å²) in [5.41, 5.74) is 0.988. The van der Waals surface area contributed by atoms with Gasteiger partial charge in [0, 0.05) is 31.6 Å². The summed E-state index contributed by atoms with van der Waals surface area (Å²) in [6.07, 6.45) is 1.19. The fourth-order valence-electron chi connectivity index (χ4n) is 5.07. The van der Waals surface area contributed by atoms with Crippen molar-refractivity contribution in [1.82, 2.24) is 0 Å². The van der Waals surface area contributed by atoms with E-state index in [1.807, 2.05) is 58.9 Å². The van der Waals surface area contributed by atoms with E-state index in [0.29, 0.717) is 25.7 Å². The Morgan fingerprint density at radius 2 is 1.14 bits per heavy atom. The SMILES string of the molecule is Cc1cccc(C(C2C(=O)CC(C)(C)CC2=O)C2C(=O)CC(C)(C)CC2=O)c1. The second-order valence-corrected chi connectivity index (χ2v) is 10.3. The second-order valence-electron chi connectivity index (χ2n) is 10.3. The van der Waals surface area contributed by atoms with E-state index in [1.165, 1.54) is 0 Å². The average Bonchev–Trinajstić information content (AvgIpc) is 2.49. The van der Waals surface area contributed by atoms with Crippen molar-refractivity contribution >= 4 is 23.1 Å². The first-order valence-electron chi connectivity index (χ1n) is 10.1. The van der Waals surface area contributed by atoms with Crippen molar-refractivity contribution in [3.05, 3.63) is 35.4 Å². The van der Waals surface area contributed by atoms with Gasteiger partial charge in [0.2, 0.25) is 0 Å². The third-order valence-electron chi connectivity index (χ3n) is 6.14. The molecule has 0 aromatic heterocycles. The van der Waals surface area contributed by atoms with E-state index in [9.17, 15) is 19.2 Å². The van der Waals surface area contributed by atoms with Gasteiger partial charge < -0.3 is 0 Å². The molecule has 0 radical (unpaired) electrons. The van der Waals surface area contributed by atoms with Gasteiger partial charge in [0.05, 0.1) is 11.8 Å². The summed E-state index contributed by atoms with van der Waals surface area (Å²) >= 11 is 0.